The summed E-state index contributed by atoms with van der Waals surface area (Å²) in [5.74, 6) is 0.556. The Kier molecular flexibility index (Phi) is 4.10. The number of rotatable bonds is 5. The van der Waals surface area contributed by atoms with E-state index in [9.17, 15) is 0 Å². The topological polar surface area (TPSA) is 66.7 Å². The van der Waals surface area contributed by atoms with Gasteiger partial charge >= 0.3 is 0 Å². The Bertz CT molecular complexity index is 267. The summed E-state index contributed by atoms with van der Waals surface area (Å²) < 4.78 is 0. The van der Waals surface area contributed by atoms with Crippen LogP contribution in [0.1, 0.15) is 25.2 Å². The van der Waals surface area contributed by atoms with Crippen LogP contribution in [0.3, 0.4) is 0 Å². The summed E-state index contributed by atoms with van der Waals surface area (Å²) >= 11 is 0. The molecule has 0 aliphatic rings. The van der Waals surface area contributed by atoms with E-state index in [1.807, 2.05) is 13.0 Å². The van der Waals surface area contributed by atoms with Crippen molar-refractivity contribution in [3.05, 3.63) is 17.5 Å². The average Bonchev–Trinajstić information content (AvgIpc) is 2.52. The third-order valence-corrected chi connectivity index (χ3v) is 2.36. The van der Waals surface area contributed by atoms with E-state index in [1.54, 1.807) is 0 Å². The first-order valence-corrected chi connectivity index (χ1v) is 5.07. The van der Waals surface area contributed by atoms with Crippen LogP contribution in [0.25, 0.3) is 0 Å². The Morgan fingerprint density at radius 3 is 2.71 bits per heavy atom. The third-order valence-electron chi connectivity index (χ3n) is 2.36. The fourth-order valence-electron chi connectivity index (χ4n) is 1.39. The molecule has 0 saturated carbocycles. The average molecular weight is 196 g/mol. The van der Waals surface area contributed by atoms with Crippen LogP contribution in [0.15, 0.2) is 6.07 Å². The Balaban J connectivity index is 2.39. The molecular formula is C10H20N4. The second-order valence-corrected chi connectivity index (χ2v) is 4.01. The van der Waals surface area contributed by atoms with Gasteiger partial charge < -0.3 is 11.1 Å². The van der Waals surface area contributed by atoms with Crippen molar-refractivity contribution in [3.63, 3.8) is 0 Å². The van der Waals surface area contributed by atoms with E-state index in [-0.39, 0.29) is 0 Å². The summed E-state index contributed by atoms with van der Waals surface area (Å²) in [7, 11) is 0. The summed E-state index contributed by atoms with van der Waals surface area (Å²) in [6, 6.07) is 2.41. The summed E-state index contributed by atoms with van der Waals surface area (Å²) in [6.45, 7) is 7.78. The normalized spacial score (nSPS) is 13.5. The van der Waals surface area contributed by atoms with E-state index in [2.05, 4.69) is 29.4 Å². The lowest BCUT2D eigenvalue weighted by molar-refractivity contribution is 0.403. The molecule has 0 aliphatic carbocycles. The molecular weight excluding hydrogens is 176 g/mol. The molecule has 0 bridgehead atoms. The van der Waals surface area contributed by atoms with Gasteiger partial charge in [0, 0.05) is 24.8 Å². The van der Waals surface area contributed by atoms with E-state index < -0.39 is 0 Å². The number of nitrogens with one attached hydrogen (secondary N) is 2. The van der Waals surface area contributed by atoms with Crippen LogP contribution in [0.5, 0.6) is 0 Å². The second-order valence-electron chi connectivity index (χ2n) is 4.01. The Morgan fingerprint density at radius 2 is 2.29 bits per heavy atom. The molecule has 1 aromatic heterocycles. The monoisotopic (exact) mass is 196 g/mol. The molecule has 4 heteroatoms. The van der Waals surface area contributed by atoms with E-state index >= 15 is 0 Å². The van der Waals surface area contributed by atoms with Gasteiger partial charge in [0.2, 0.25) is 0 Å². The highest BCUT2D eigenvalue weighted by Gasteiger charge is 2.10. The molecule has 0 amide bonds. The van der Waals surface area contributed by atoms with Crippen molar-refractivity contribution in [2.45, 2.75) is 33.4 Å². The molecule has 1 atom stereocenters. The number of aryl methyl sites for hydroxylation is 1. The molecule has 1 rings (SSSR count). The van der Waals surface area contributed by atoms with E-state index in [0.717, 1.165) is 17.9 Å². The van der Waals surface area contributed by atoms with E-state index in [4.69, 9.17) is 5.73 Å². The number of hydrogen-bond acceptors (Lipinski definition) is 3. The van der Waals surface area contributed by atoms with Crippen LogP contribution >= 0.6 is 0 Å². The minimum atomic E-state index is 0.368. The van der Waals surface area contributed by atoms with Gasteiger partial charge in [-0.3, -0.25) is 5.10 Å². The minimum absolute atomic E-state index is 0.368. The predicted molar refractivity (Wildman–Crippen MR) is 57.8 cm³/mol. The Labute approximate surface area is 85.3 Å². The van der Waals surface area contributed by atoms with Crippen molar-refractivity contribution >= 4 is 0 Å². The highest BCUT2D eigenvalue weighted by atomic mass is 15.1. The highest BCUT2D eigenvalue weighted by molar-refractivity contribution is 5.06. The highest BCUT2D eigenvalue weighted by Crippen LogP contribution is 2.02. The summed E-state index contributed by atoms with van der Waals surface area (Å²) in [6.07, 6.45) is 0. The maximum atomic E-state index is 5.65. The number of aromatic nitrogens is 2. The van der Waals surface area contributed by atoms with Gasteiger partial charge in [-0.15, -0.1) is 0 Å². The largest absolute Gasteiger partial charge is 0.329 e. The van der Waals surface area contributed by atoms with Gasteiger partial charge in [0.15, 0.2) is 0 Å². The van der Waals surface area contributed by atoms with Crippen molar-refractivity contribution < 1.29 is 0 Å². The van der Waals surface area contributed by atoms with Crippen molar-refractivity contribution in [2.75, 3.05) is 6.54 Å². The summed E-state index contributed by atoms with van der Waals surface area (Å²) in [5, 5.41) is 10.5. The molecule has 1 aromatic rings. The van der Waals surface area contributed by atoms with Crippen molar-refractivity contribution in [2.24, 2.45) is 11.7 Å². The lowest BCUT2D eigenvalue weighted by atomic mass is 10.0. The molecule has 1 unspecified atom stereocenters. The van der Waals surface area contributed by atoms with Crippen LogP contribution in [-0.4, -0.2) is 22.8 Å². The van der Waals surface area contributed by atoms with Gasteiger partial charge in [-0.25, -0.2) is 0 Å². The molecule has 0 aliphatic heterocycles. The zero-order valence-electron chi connectivity index (χ0n) is 9.17. The van der Waals surface area contributed by atoms with Gasteiger partial charge in [-0.2, -0.15) is 5.10 Å². The van der Waals surface area contributed by atoms with Crippen LogP contribution in [0.2, 0.25) is 0 Å². The SMILES string of the molecule is Cc1cc(CNC(CN)C(C)C)n[nH]1. The van der Waals surface area contributed by atoms with E-state index in [0.29, 0.717) is 18.5 Å². The maximum Gasteiger partial charge on any atom is 0.0762 e. The molecule has 4 nitrogen and oxygen atoms in total. The van der Waals surface area contributed by atoms with Crippen molar-refractivity contribution in [3.8, 4) is 0 Å². The fourth-order valence-corrected chi connectivity index (χ4v) is 1.39. The summed E-state index contributed by atoms with van der Waals surface area (Å²) in [5.41, 5.74) is 7.79. The summed E-state index contributed by atoms with van der Waals surface area (Å²) in [4.78, 5) is 0. The van der Waals surface area contributed by atoms with Gasteiger partial charge in [0.1, 0.15) is 0 Å². The molecule has 1 heterocycles. The zero-order valence-corrected chi connectivity index (χ0v) is 9.17. The van der Waals surface area contributed by atoms with Crippen LogP contribution in [0.4, 0.5) is 0 Å². The molecule has 4 N–H and O–H groups in total. The maximum absolute atomic E-state index is 5.65. The van der Waals surface area contributed by atoms with Gasteiger partial charge in [0.25, 0.3) is 0 Å². The predicted octanol–water partition coefficient (Wildman–Crippen LogP) is 0.791. The molecule has 0 aromatic carbocycles. The van der Waals surface area contributed by atoms with E-state index in [1.165, 1.54) is 0 Å². The van der Waals surface area contributed by atoms with Crippen molar-refractivity contribution in [1.82, 2.24) is 15.5 Å². The molecule has 14 heavy (non-hydrogen) atoms. The number of hydrogen-bond donors (Lipinski definition) is 3. The quantitative estimate of drug-likeness (QED) is 0.652. The molecule has 0 saturated heterocycles. The lowest BCUT2D eigenvalue weighted by Gasteiger charge is -2.19. The standard InChI is InChI=1S/C10H20N4/c1-7(2)10(5-11)12-6-9-4-8(3)13-14-9/h4,7,10,12H,5-6,11H2,1-3H3,(H,13,14). The second kappa shape index (κ2) is 5.12. The first-order chi connectivity index (χ1) is 6.63. The van der Waals surface area contributed by atoms with Crippen LogP contribution in [-0.2, 0) is 6.54 Å². The first-order valence-electron chi connectivity index (χ1n) is 5.07. The van der Waals surface area contributed by atoms with Gasteiger partial charge in [-0.05, 0) is 18.9 Å². The zero-order chi connectivity index (χ0) is 10.6. The molecule has 80 valence electrons. The molecule has 0 radical (unpaired) electrons. The number of H-pyrrole nitrogens is 1. The molecule has 0 spiro atoms. The number of nitrogens with zero attached hydrogens (tertiary/aromatic N) is 1. The minimum Gasteiger partial charge on any atom is -0.329 e. The van der Waals surface area contributed by atoms with Crippen LogP contribution < -0.4 is 11.1 Å². The third kappa shape index (κ3) is 3.12. The molecule has 0 fully saturated rings. The Morgan fingerprint density at radius 1 is 1.57 bits per heavy atom. The first kappa shape index (κ1) is 11.2. The van der Waals surface area contributed by atoms with Crippen molar-refractivity contribution in [1.29, 1.82) is 0 Å². The van der Waals surface area contributed by atoms with Gasteiger partial charge in [-0.1, -0.05) is 13.8 Å². The van der Waals surface area contributed by atoms with Crippen LogP contribution in [0, 0.1) is 12.8 Å². The number of nitrogens with two attached hydrogens (primary N) is 1. The Hall–Kier alpha value is -0.870. The van der Waals surface area contributed by atoms with Gasteiger partial charge in [0.05, 0.1) is 5.69 Å². The lowest BCUT2D eigenvalue weighted by Crippen LogP contribution is -2.39. The number of aromatic amines is 1. The smallest absolute Gasteiger partial charge is 0.0762 e. The fraction of sp³-hybridized carbons (Fsp3) is 0.700.